The molecule has 7 heteroatoms. The predicted octanol–water partition coefficient (Wildman–Crippen LogP) is 4.02. The smallest absolute Gasteiger partial charge is 0.312 e. The van der Waals surface area contributed by atoms with Gasteiger partial charge in [0.1, 0.15) is 0 Å². The third kappa shape index (κ3) is 2.74. The first-order valence-corrected chi connectivity index (χ1v) is 6.38. The average molecular weight is 328 g/mol. The summed E-state index contributed by atoms with van der Waals surface area (Å²) in [4.78, 5) is 21.4. The van der Waals surface area contributed by atoms with Crippen LogP contribution in [-0.2, 0) is 0 Å². The van der Waals surface area contributed by atoms with Crippen LogP contribution in [0.15, 0.2) is 34.8 Å². The van der Waals surface area contributed by atoms with Crippen molar-refractivity contribution in [2.75, 3.05) is 0 Å². The van der Waals surface area contributed by atoms with Gasteiger partial charge in [0.15, 0.2) is 11.3 Å². The number of hydrogen-bond acceptors (Lipinski definition) is 5. The van der Waals surface area contributed by atoms with E-state index in [-0.39, 0.29) is 11.4 Å². The molecule has 0 N–H and O–H groups in total. The van der Waals surface area contributed by atoms with Gasteiger partial charge in [0.25, 0.3) is 0 Å². The van der Waals surface area contributed by atoms with Crippen molar-refractivity contribution in [2.24, 2.45) is 0 Å². The number of halogens is 1. The van der Waals surface area contributed by atoms with E-state index in [4.69, 9.17) is 4.74 Å². The number of ether oxygens (including phenoxy) is 1. The summed E-state index contributed by atoms with van der Waals surface area (Å²) in [6.45, 7) is 0. The molecule has 0 bridgehead atoms. The number of rotatable bonds is 4. The Bertz CT molecular complexity index is 611. The number of carbonyl (C=O) groups excluding carboxylic acids is 1. The van der Waals surface area contributed by atoms with E-state index in [1.165, 1.54) is 12.1 Å². The molecule has 0 aliphatic heterocycles. The summed E-state index contributed by atoms with van der Waals surface area (Å²) in [5.74, 6) is 0.141. The van der Waals surface area contributed by atoms with Crippen LogP contribution in [0.5, 0.6) is 10.8 Å². The molecular weight excluding hydrogens is 322 g/mol. The summed E-state index contributed by atoms with van der Waals surface area (Å²) in [6.07, 6.45) is 0.702. The van der Waals surface area contributed by atoms with Crippen LogP contribution in [-0.4, -0.2) is 11.2 Å². The van der Waals surface area contributed by atoms with Gasteiger partial charge in [-0.25, -0.2) is 0 Å². The standard InChI is InChI=1S/C11H6BrNO4S/c12-7-1-3-10(9(5-7)13(15)16)17-11-4-2-8(6-14)18-11/h1-6H. The average Bonchev–Trinajstić information content (AvgIpc) is 2.79. The summed E-state index contributed by atoms with van der Waals surface area (Å²) in [5.41, 5.74) is -0.134. The molecule has 1 heterocycles. The van der Waals surface area contributed by atoms with Gasteiger partial charge in [-0.15, -0.1) is 0 Å². The molecule has 0 unspecified atom stereocenters. The summed E-state index contributed by atoms with van der Waals surface area (Å²) in [7, 11) is 0. The van der Waals surface area contributed by atoms with Crippen molar-refractivity contribution in [1.82, 2.24) is 0 Å². The Morgan fingerprint density at radius 1 is 1.33 bits per heavy atom. The fraction of sp³-hybridized carbons (Fsp3) is 0. The normalized spacial score (nSPS) is 10.1. The minimum Gasteiger partial charge on any atom is -0.439 e. The highest BCUT2D eigenvalue weighted by molar-refractivity contribution is 9.10. The van der Waals surface area contributed by atoms with E-state index < -0.39 is 4.92 Å². The lowest BCUT2D eigenvalue weighted by atomic mass is 10.3. The lowest BCUT2D eigenvalue weighted by Crippen LogP contribution is -1.92. The van der Waals surface area contributed by atoms with E-state index in [0.717, 1.165) is 11.3 Å². The first-order chi connectivity index (χ1) is 8.60. The zero-order valence-corrected chi connectivity index (χ0v) is 11.2. The van der Waals surface area contributed by atoms with Crippen LogP contribution in [0, 0.1) is 10.1 Å². The molecule has 1 aromatic heterocycles. The number of aldehydes is 1. The van der Waals surface area contributed by atoms with E-state index in [1.54, 1.807) is 18.2 Å². The van der Waals surface area contributed by atoms with Crippen LogP contribution < -0.4 is 4.74 Å². The Morgan fingerprint density at radius 3 is 2.72 bits per heavy atom. The largest absolute Gasteiger partial charge is 0.439 e. The third-order valence-corrected chi connectivity index (χ3v) is 3.43. The van der Waals surface area contributed by atoms with Crippen LogP contribution in [0.3, 0.4) is 0 Å². The maximum Gasteiger partial charge on any atom is 0.312 e. The van der Waals surface area contributed by atoms with Crippen molar-refractivity contribution < 1.29 is 14.5 Å². The van der Waals surface area contributed by atoms with Crippen molar-refractivity contribution in [3.63, 3.8) is 0 Å². The summed E-state index contributed by atoms with van der Waals surface area (Å²) in [5, 5.41) is 11.3. The van der Waals surface area contributed by atoms with Crippen molar-refractivity contribution in [1.29, 1.82) is 0 Å². The van der Waals surface area contributed by atoms with E-state index in [1.807, 2.05) is 0 Å². The predicted molar refractivity (Wildman–Crippen MR) is 70.6 cm³/mol. The highest BCUT2D eigenvalue weighted by Gasteiger charge is 2.16. The Balaban J connectivity index is 2.33. The van der Waals surface area contributed by atoms with E-state index in [9.17, 15) is 14.9 Å². The van der Waals surface area contributed by atoms with Gasteiger partial charge in [-0.05, 0) is 24.3 Å². The number of hydrogen-bond donors (Lipinski definition) is 0. The van der Waals surface area contributed by atoms with Crippen molar-refractivity contribution in [3.8, 4) is 10.8 Å². The van der Waals surface area contributed by atoms with Crippen LogP contribution in [0.25, 0.3) is 0 Å². The first-order valence-electron chi connectivity index (χ1n) is 4.77. The zero-order chi connectivity index (χ0) is 13.1. The summed E-state index contributed by atoms with van der Waals surface area (Å²) in [6, 6.07) is 7.71. The Labute approximate surface area is 114 Å². The van der Waals surface area contributed by atoms with E-state index in [2.05, 4.69) is 15.9 Å². The maximum atomic E-state index is 10.9. The van der Waals surface area contributed by atoms with Crippen LogP contribution >= 0.6 is 27.3 Å². The molecule has 0 aliphatic carbocycles. The molecule has 0 saturated carbocycles. The van der Waals surface area contributed by atoms with Gasteiger partial charge < -0.3 is 4.74 Å². The Kier molecular flexibility index (Phi) is 3.73. The Hall–Kier alpha value is -1.73. The van der Waals surface area contributed by atoms with Crippen molar-refractivity contribution >= 4 is 39.2 Å². The topological polar surface area (TPSA) is 69.4 Å². The number of thiophene rings is 1. The molecule has 0 radical (unpaired) electrons. The third-order valence-electron chi connectivity index (χ3n) is 2.05. The highest BCUT2D eigenvalue weighted by Crippen LogP contribution is 2.36. The van der Waals surface area contributed by atoms with Crippen molar-refractivity contribution in [2.45, 2.75) is 0 Å². The maximum absolute atomic E-state index is 10.9. The SMILES string of the molecule is O=Cc1ccc(Oc2ccc(Br)cc2[N+](=O)[O-])s1. The second kappa shape index (κ2) is 5.28. The molecule has 0 amide bonds. The number of nitro benzene ring substituents is 1. The van der Waals surface area contributed by atoms with E-state index in [0.29, 0.717) is 20.7 Å². The number of nitrogens with zero attached hydrogens (tertiary/aromatic N) is 1. The molecule has 92 valence electrons. The van der Waals surface area contributed by atoms with Gasteiger partial charge in [0.05, 0.1) is 9.80 Å². The lowest BCUT2D eigenvalue weighted by Gasteiger charge is -2.03. The van der Waals surface area contributed by atoms with Crippen LogP contribution in [0.4, 0.5) is 5.69 Å². The second-order valence-corrected chi connectivity index (χ2v) is 5.24. The van der Waals surface area contributed by atoms with Gasteiger partial charge in [0.2, 0.25) is 5.75 Å². The minimum absolute atomic E-state index is 0.134. The lowest BCUT2D eigenvalue weighted by molar-refractivity contribution is -0.385. The molecule has 0 atom stereocenters. The molecule has 18 heavy (non-hydrogen) atoms. The van der Waals surface area contributed by atoms with Crippen LogP contribution in [0.1, 0.15) is 9.67 Å². The Morgan fingerprint density at radius 2 is 2.11 bits per heavy atom. The van der Waals surface area contributed by atoms with Gasteiger partial charge in [-0.2, -0.15) is 0 Å². The van der Waals surface area contributed by atoms with Gasteiger partial charge in [0, 0.05) is 10.5 Å². The molecular formula is C11H6BrNO4S. The summed E-state index contributed by atoms with van der Waals surface area (Å²) >= 11 is 4.29. The van der Waals surface area contributed by atoms with Gasteiger partial charge >= 0.3 is 5.69 Å². The van der Waals surface area contributed by atoms with Crippen LogP contribution in [0.2, 0.25) is 0 Å². The fourth-order valence-electron chi connectivity index (χ4n) is 1.28. The van der Waals surface area contributed by atoms with Gasteiger partial charge in [-0.3, -0.25) is 14.9 Å². The molecule has 2 rings (SSSR count). The molecule has 2 aromatic rings. The first kappa shape index (κ1) is 12.7. The molecule has 0 spiro atoms. The highest BCUT2D eigenvalue weighted by atomic mass is 79.9. The van der Waals surface area contributed by atoms with Gasteiger partial charge in [-0.1, -0.05) is 27.3 Å². The monoisotopic (exact) mass is 327 g/mol. The molecule has 5 nitrogen and oxygen atoms in total. The second-order valence-electron chi connectivity index (χ2n) is 3.25. The van der Waals surface area contributed by atoms with E-state index >= 15 is 0 Å². The quantitative estimate of drug-likeness (QED) is 0.483. The number of carbonyl (C=O) groups is 1. The zero-order valence-electron chi connectivity index (χ0n) is 8.83. The number of benzene rings is 1. The van der Waals surface area contributed by atoms with Crippen molar-refractivity contribution in [3.05, 3.63) is 49.8 Å². The molecule has 0 aliphatic rings. The molecule has 1 aromatic carbocycles. The molecule has 0 saturated heterocycles. The summed E-state index contributed by atoms with van der Waals surface area (Å²) < 4.78 is 6.00. The molecule has 0 fully saturated rings. The number of nitro groups is 1. The fourth-order valence-corrected chi connectivity index (χ4v) is 2.31. The minimum atomic E-state index is -0.520.